The molecule has 2 saturated carbocycles. The Morgan fingerprint density at radius 2 is 2.08 bits per heavy atom. The largest absolute Gasteiger partial charge is 0.393 e. The first-order valence-corrected chi connectivity index (χ1v) is 10.0. The number of hydrogen-bond acceptors (Lipinski definition) is 5. The van der Waals surface area contributed by atoms with Crippen LogP contribution in [0.4, 0.5) is 5.13 Å². The van der Waals surface area contributed by atoms with E-state index in [1.54, 1.807) is 0 Å². The normalized spacial score (nSPS) is 35.8. The van der Waals surface area contributed by atoms with Crippen LogP contribution in [0.5, 0.6) is 0 Å². The van der Waals surface area contributed by atoms with Gasteiger partial charge in [0.25, 0.3) is 0 Å². The molecule has 3 unspecified atom stereocenters. The van der Waals surface area contributed by atoms with E-state index in [0.29, 0.717) is 17.8 Å². The second-order valence-electron chi connectivity index (χ2n) is 7.83. The highest BCUT2D eigenvalue weighted by Crippen LogP contribution is 2.43. The second-order valence-corrected chi connectivity index (χ2v) is 8.69. The Kier molecular flexibility index (Phi) is 4.88. The van der Waals surface area contributed by atoms with E-state index in [1.165, 1.54) is 17.8 Å². The topological polar surface area (TPSA) is 71.5 Å². The van der Waals surface area contributed by atoms with Crippen LogP contribution in [0.25, 0.3) is 0 Å². The SMILES string of the molecule is O=C(Nc1nc(CC2CCOC2)cs1)C1C[C@H]2CC(O)C[C@@H](C1)C2. The molecule has 5 nitrogen and oxygen atoms in total. The van der Waals surface area contributed by atoms with Crippen molar-refractivity contribution in [2.45, 2.75) is 51.0 Å². The number of amides is 1. The van der Waals surface area contributed by atoms with E-state index in [-0.39, 0.29) is 17.9 Å². The number of nitrogens with one attached hydrogen (secondary N) is 1. The van der Waals surface area contributed by atoms with Crippen molar-refractivity contribution in [3.63, 3.8) is 0 Å². The Balaban J connectivity index is 1.32. The number of rotatable bonds is 4. The van der Waals surface area contributed by atoms with Crippen LogP contribution in [0.1, 0.15) is 44.2 Å². The summed E-state index contributed by atoms with van der Waals surface area (Å²) in [4.78, 5) is 17.2. The minimum absolute atomic E-state index is 0.0804. The van der Waals surface area contributed by atoms with Crippen molar-refractivity contribution in [2.75, 3.05) is 18.5 Å². The number of fused-ring (bicyclic) bond motifs is 2. The molecule has 3 aliphatic rings. The summed E-state index contributed by atoms with van der Waals surface area (Å²) in [6.45, 7) is 1.69. The molecule has 24 heavy (non-hydrogen) atoms. The Labute approximate surface area is 146 Å². The first kappa shape index (κ1) is 16.5. The van der Waals surface area contributed by atoms with Crippen LogP contribution in [0.15, 0.2) is 5.38 Å². The molecule has 132 valence electrons. The van der Waals surface area contributed by atoms with Gasteiger partial charge in [0, 0.05) is 24.5 Å². The summed E-state index contributed by atoms with van der Waals surface area (Å²) >= 11 is 1.52. The van der Waals surface area contributed by atoms with E-state index in [4.69, 9.17) is 4.74 Å². The summed E-state index contributed by atoms with van der Waals surface area (Å²) in [6.07, 6.45) is 6.64. The number of aliphatic hydroxyl groups is 1. The monoisotopic (exact) mass is 350 g/mol. The van der Waals surface area contributed by atoms with Gasteiger partial charge in [-0.3, -0.25) is 4.79 Å². The summed E-state index contributed by atoms with van der Waals surface area (Å²) in [6, 6.07) is 0. The van der Waals surface area contributed by atoms with E-state index in [0.717, 1.165) is 62.6 Å². The maximum Gasteiger partial charge on any atom is 0.229 e. The number of thiazole rings is 1. The molecular weight excluding hydrogens is 324 g/mol. The van der Waals surface area contributed by atoms with Crippen LogP contribution >= 0.6 is 11.3 Å². The van der Waals surface area contributed by atoms with Gasteiger partial charge in [-0.15, -0.1) is 11.3 Å². The van der Waals surface area contributed by atoms with Crippen LogP contribution in [0, 0.1) is 23.7 Å². The number of carbonyl (C=O) groups excluding carboxylic acids is 1. The lowest BCUT2D eigenvalue weighted by Gasteiger charge is -2.40. The van der Waals surface area contributed by atoms with Crippen molar-refractivity contribution < 1.29 is 14.6 Å². The van der Waals surface area contributed by atoms with Crippen LogP contribution in [0.3, 0.4) is 0 Å². The summed E-state index contributed by atoms with van der Waals surface area (Å²) in [5.74, 6) is 1.79. The lowest BCUT2D eigenvalue weighted by atomic mass is 9.67. The van der Waals surface area contributed by atoms with Gasteiger partial charge >= 0.3 is 0 Å². The molecule has 2 N–H and O–H groups in total. The maximum absolute atomic E-state index is 12.6. The fraction of sp³-hybridized carbons (Fsp3) is 0.778. The van der Waals surface area contributed by atoms with Gasteiger partial charge in [0.1, 0.15) is 0 Å². The van der Waals surface area contributed by atoms with Gasteiger partial charge in [-0.25, -0.2) is 4.98 Å². The Morgan fingerprint density at radius 3 is 2.79 bits per heavy atom. The molecule has 5 atom stereocenters. The molecule has 1 aliphatic heterocycles. The van der Waals surface area contributed by atoms with Crippen molar-refractivity contribution in [1.29, 1.82) is 0 Å². The maximum atomic E-state index is 12.6. The van der Waals surface area contributed by atoms with Crippen molar-refractivity contribution in [1.82, 2.24) is 4.98 Å². The lowest BCUT2D eigenvalue weighted by molar-refractivity contribution is -0.123. The number of anilines is 1. The number of nitrogens with zero attached hydrogens (tertiary/aromatic N) is 1. The number of aliphatic hydroxyl groups excluding tert-OH is 1. The van der Waals surface area contributed by atoms with Crippen LogP contribution < -0.4 is 5.32 Å². The average Bonchev–Trinajstić information content (AvgIpc) is 3.18. The fourth-order valence-corrected chi connectivity index (χ4v) is 5.46. The molecule has 0 aromatic carbocycles. The highest BCUT2D eigenvalue weighted by Gasteiger charge is 2.38. The first-order valence-electron chi connectivity index (χ1n) is 9.16. The van der Waals surface area contributed by atoms with Gasteiger partial charge in [-0.05, 0) is 62.7 Å². The zero-order valence-electron chi connectivity index (χ0n) is 13.9. The van der Waals surface area contributed by atoms with Gasteiger partial charge in [-0.2, -0.15) is 0 Å². The van der Waals surface area contributed by atoms with Crippen LogP contribution in [-0.2, 0) is 16.0 Å². The summed E-state index contributed by atoms with van der Waals surface area (Å²) in [5, 5.41) is 15.7. The molecule has 1 aromatic rings. The minimum atomic E-state index is -0.154. The molecule has 2 aliphatic carbocycles. The van der Waals surface area contributed by atoms with Gasteiger partial charge in [0.2, 0.25) is 5.91 Å². The Hall–Kier alpha value is -0.980. The minimum Gasteiger partial charge on any atom is -0.393 e. The quantitative estimate of drug-likeness (QED) is 0.876. The number of hydrogen-bond donors (Lipinski definition) is 2. The molecule has 0 spiro atoms. The van der Waals surface area contributed by atoms with E-state index >= 15 is 0 Å². The van der Waals surface area contributed by atoms with Crippen LogP contribution in [0.2, 0.25) is 0 Å². The summed E-state index contributed by atoms with van der Waals surface area (Å²) < 4.78 is 5.41. The predicted molar refractivity (Wildman–Crippen MR) is 92.9 cm³/mol. The van der Waals surface area contributed by atoms with Crippen LogP contribution in [-0.4, -0.2) is 35.3 Å². The van der Waals surface area contributed by atoms with Gasteiger partial charge < -0.3 is 15.2 Å². The third kappa shape index (κ3) is 3.81. The fourth-order valence-electron chi connectivity index (χ4n) is 4.74. The Morgan fingerprint density at radius 1 is 1.29 bits per heavy atom. The van der Waals surface area contributed by atoms with Crippen molar-refractivity contribution in [2.24, 2.45) is 23.7 Å². The number of carbonyl (C=O) groups is 1. The predicted octanol–water partition coefficient (Wildman–Crippen LogP) is 2.85. The summed E-state index contributed by atoms with van der Waals surface area (Å²) in [5.41, 5.74) is 1.06. The highest BCUT2D eigenvalue weighted by atomic mass is 32.1. The molecular formula is C18H26N2O3S. The van der Waals surface area contributed by atoms with Crippen molar-refractivity contribution in [3.8, 4) is 0 Å². The molecule has 1 aromatic heterocycles. The smallest absolute Gasteiger partial charge is 0.229 e. The zero-order valence-corrected chi connectivity index (χ0v) is 14.8. The molecule has 1 saturated heterocycles. The molecule has 3 fully saturated rings. The third-order valence-corrected chi connectivity index (χ3v) is 6.59. The first-order chi connectivity index (χ1) is 11.7. The van der Waals surface area contributed by atoms with E-state index in [2.05, 4.69) is 15.7 Å². The lowest BCUT2D eigenvalue weighted by Crippen LogP contribution is -2.37. The summed E-state index contributed by atoms with van der Waals surface area (Å²) in [7, 11) is 0. The number of ether oxygens (including phenoxy) is 1. The van der Waals surface area contributed by atoms with Gasteiger partial charge in [0.15, 0.2) is 5.13 Å². The molecule has 4 rings (SSSR count). The average molecular weight is 350 g/mol. The van der Waals surface area contributed by atoms with Crippen molar-refractivity contribution in [3.05, 3.63) is 11.1 Å². The molecule has 6 heteroatoms. The highest BCUT2D eigenvalue weighted by molar-refractivity contribution is 7.13. The Bertz CT molecular complexity index is 567. The second kappa shape index (κ2) is 7.10. The standard InChI is InChI=1S/C18H26N2O3S/c21-16-7-12-3-13(8-16)5-14(4-12)17(22)20-18-19-15(10-24-18)6-11-1-2-23-9-11/h10-14,16,21H,1-9H2,(H,19,20,22)/t11?,12-,13+,14?,16?. The molecule has 2 heterocycles. The van der Waals surface area contributed by atoms with E-state index in [9.17, 15) is 9.90 Å². The molecule has 0 radical (unpaired) electrons. The zero-order chi connectivity index (χ0) is 16.5. The third-order valence-electron chi connectivity index (χ3n) is 5.79. The van der Waals surface area contributed by atoms with E-state index in [1.807, 2.05) is 0 Å². The van der Waals surface area contributed by atoms with Gasteiger partial charge in [0.05, 0.1) is 11.8 Å². The molecule has 1 amide bonds. The van der Waals surface area contributed by atoms with E-state index < -0.39 is 0 Å². The number of aromatic nitrogens is 1. The van der Waals surface area contributed by atoms with Gasteiger partial charge in [-0.1, -0.05) is 0 Å². The molecule has 2 bridgehead atoms. The van der Waals surface area contributed by atoms with Crippen molar-refractivity contribution >= 4 is 22.4 Å².